The van der Waals surface area contributed by atoms with Crippen molar-refractivity contribution in [1.29, 1.82) is 0 Å². The van der Waals surface area contributed by atoms with Crippen LogP contribution in [0.1, 0.15) is 72.1 Å². The molecule has 21 heavy (non-hydrogen) atoms. The molecule has 0 spiro atoms. The molecule has 0 N–H and O–H groups in total. The molecule has 1 saturated heterocycles. The van der Waals surface area contributed by atoms with Crippen molar-refractivity contribution in [3.05, 3.63) is 0 Å². The lowest BCUT2D eigenvalue weighted by Crippen LogP contribution is -2.49. The van der Waals surface area contributed by atoms with Crippen LogP contribution in [0.4, 0.5) is 0 Å². The Hall–Kier alpha value is -1.06. The normalized spacial score (nSPS) is 26.1. The summed E-state index contributed by atoms with van der Waals surface area (Å²) in [6, 6.07) is 0.429. The Balaban J connectivity index is 1.83. The molecule has 0 aromatic carbocycles. The Morgan fingerprint density at radius 3 is 2.43 bits per heavy atom. The molecule has 1 heterocycles. The lowest BCUT2D eigenvalue weighted by molar-refractivity contribution is -0.157. The summed E-state index contributed by atoms with van der Waals surface area (Å²) in [7, 11) is 0. The average Bonchev–Trinajstić information content (AvgIpc) is 2.42. The van der Waals surface area contributed by atoms with Crippen molar-refractivity contribution in [2.24, 2.45) is 5.92 Å². The van der Waals surface area contributed by atoms with Crippen molar-refractivity contribution in [3.63, 3.8) is 0 Å². The highest BCUT2D eigenvalue weighted by atomic mass is 16.6. The number of piperidine rings is 1. The molecule has 1 aliphatic heterocycles. The molecule has 2 aliphatic rings. The Morgan fingerprint density at radius 1 is 1.05 bits per heavy atom. The summed E-state index contributed by atoms with van der Waals surface area (Å²) in [5.41, 5.74) is -0.472. The number of carbonyl (C=O) groups is 2. The van der Waals surface area contributed by atoms with Crippen molar-refractivity contribution >= 4 is 11.9 Å². The van der Waals surface area contributed by atoms with Gasteiger partial charge in [-0.05, 0) is 52.4 Å². The second kappa shape index (κ2) is 6.80. The van der Waals surface area contributed by atoms with Gasteiger partial charge in [-0.25, -0.2) is 0 Å². The van der Waals surface area contributed by atoms with Crippen LogP contribution in [0.2, 0.25) is 0 Å². The van der Waals surface area contributed by atoms with Gasteiger partial charge in [0.2, 0.25) is 5.91 Å². The lowest BCUT2D eigenvalue weighted by Gasteiger charge is -2.44. The van der Waals surface area contributed by atoms with Crippen molar-refractivity contribution in [1.82, 2.24) is 4.90 Å². The van der Waals surface area contributed by atoms with E-state index >= 15 is 0 Å². The quantitative estimate of drug-likeness (QED) is 0.751. The predicted molar refractivity (Wildman–Crippen MR) is 81.8 cm³/mol. The highest BCUT2D eigenvalue weighted by Gasteiger charge is 2.35. The fourth-order valence-corrected chi connectivity index (χ4v) is 3.68. The van der Waals surface area contributed by atoms with E-state index in [9.17, 15) is 9.59 Å². The molecule has 0 aromatic heterocycles. The minimum absolute atomic E-state index is 0.137. The largest absolute Gasteiger partial charge is 0.460 e. The first-order valence-corrected chi connectivity index (χ1v) is 8.38. The molecule has 2 rings (SSSR count). The van der Waals surface area contributed by atoms with Crippen molar-refractivity contribution in [2.45, 2.75) is 83.8 Å². The monoisotopic (exact) mass is 295 g/mol. The zero-order valence-electron chi connectivity index (χ0n) is 13.7. The molecular formula is C17H29NO3. The predicted octanol–water partition coefficient (Wildman–Crippen LogP) is 3.29. The van der Waals surface area contributed by atoms with E-state index in [0.29, 0.717) is 12.0 Å². The molecule has 120 valence electrons. The van der Waals surface area contributed by atoms with E-state index in [2.05, 4.69) is 4.90 Å². The lowest BCUT2D eigenvalue weighted by atomic mass is 9.78. The van der Waals surface area contributed by atoms with Crippen LogP contribution < -0.4 is 0 Å². The summed E-state index contributed by atoms with van der Waals surface area (Å²) in [6.07, 6.45) is 7.81. The second-order valence-electron chi connectivity index (χ2n) is 7.43. The molecule has 0 aromatic rings. The van der Waals surface area contributed by atoms with Crippen LogP contribution in [0.25, 0.3) is 0 Å². The smallest absolute Gasteiger partial charge is 0.306 e. The third-order valence-corrected chi connectivity index (χ3v) is 4.53. The topological polar surface area (TPSA) is 46.6 Å². The minimum Gasteiger partial charge on any atom is -0.460 e. The van der Waals surface area contributed by atoms with E-state index in [1.165, 1.54) is 25.7 Å². The molecule has 0 bridgehead atoms. The molecule has 4 nitrogen and oxygen atoms in total. The van der Waals surface area contributed by atoms with Gasteiger partial charge in [0, 0.05) is 19.0 Å². The van der Waals surface area contributed by atoms with Gasteiger partial charge in [-0.15, -0.1) is 0 Å². The number of hydrogen-bond donors (Lipinski definition) is 0. The van der Waals surface area contributed by atoms with E-state index in [1.807, 2.05) is 20.8 Å². The molecule has 4 heteroatoms. The van der Waals surface area contributed by atoms with Gasteiger partial charge in [0.25, 0.3) is 0 Å². The maximum atomic E-state index is 12.4. The summed E-state index contributed by atoms with van der Waals surface area (Å²) in [5.74, 6) is 0.559. The zero-order chi connectivity index (χ0) is 15.5. The van der Waals surface area contributed by atoms with Crippen molar-refractivity contribution in [3.8, 4) is 0 Å². The van der Waals surface area contributed by atoms with Gasteiger partial charge in [0.05, 0.1) is 6.42 Å². The zero-order valence-corrected chi connectivity index (χ0v) is 13.7. The van der Waals surface area contributed by atoms with E-state index < -0.39 is 5.60 Å². The van der Waals surface area contributed by atoms with Gasteiger partial charge in [-0.2, -0.15) is 0 Å². The first kappa shape index (κ1) is 16.3. The van der Waals surface area contributed by atoms with Gasteiger partial charge in [0.1, 0.15) is 5.60 Å². The third-order valence-electron chi connectivity index (χ3n) is 4.53. The van der Waals surface area contributed by atoms with Crippen LogP contribution in [0, 0.1) is 5.92 Å². The van der Waals surface area contributed by atoms with Crippen molar-refractivity contribution < 1.29 is 14.3 Å². The molecule has 2 unspecified atom stereocenters. The van der Waals surface area contributed by atoms with Gasteiger partial charge in [-0.1, -0.05) is 12.8 Å². The number of ether oxygens (including phenoxy) is 1. The molecule has 0 radical (unpaired) electrons. The number of hydrogen-bond acceptors (Lipinski definition) is 3. The van der Waals surface area contributed by atoms with E-state index in [1.54, 1.807) is 0 Å². The van der Waals surface area contributed by atoms with Crippen LogP contribution in [0.15, 0.2) is 0 Å². The fraction of sp³-hybridized carbons (Fsp3) is 0.882. The van der Waals surface area contributed by atoms with Crippen LogP contribution >= 0.6 is 0 Å². The van der Waals surface area contributed by atoms with Crippen LogP contribution in [-0.2, 0) is 14.3 Å². The molecule has 1 aliphatic carbocycles. The maximum Gasteiger partial charge on any atom is 0.306 e. The number of amides is 1. The van der Waals surface area contributed by atoms with Crippen LogP contribution in [0.5, 0.6) is 0 Å². The van der Waals surface area contributed by atoms with Gasteiger partial charge < -0.3 is 9.64 Å². The third kappa shape index (κ3) is 4.72. The summed E-state index contributed by atoms with van der Waals surface area (Å²) in [5, 5.41) is 0. The van der Waals surface area contributed by atoms with E-state index in [-0.39, 0.29) is 24.7 Å². The minimum atomic E-state index is -0.472. The Labute approximate surface area is 128 Å². The number of esters is 1. The first-order chi connectivity index (χ1) is 9.87. The molecule has 2 fully saturated rings. The summed E-state index contributed by atoms with van der Waals surface area (Å²) in [6.45, 7) is 6.42. The fourth-order valence-electron chi connectivity index (χ4n) is 3.68. The van der Waals surface area contributed by atoms with Gasteiger partial charge in [-0.3, -0.25) is 9.59 Å². The maximum absolute atomic E-state index is 12.4. The second-order valence-corrected chi connectivity index (χ2v) is 7.43. The number of likely N-dealkylation sites (tertiary alicyclic amines) is 1. The number of rotatable bonds is 3. The van der Waals surface area contributed by atoms with Gasteiger partial charge >= 0.3 is 5.97 Å². The molecule has 1 saturated carbocycles. The molecular weight excluding hydrogens is 266 g/mol. The first-order valence-electron chi connectivity index (χ1n) is 8.38. The Bertz CT molecular complexity index is 384. The summed E-state index contributed by atoms with van der Waals surface area (Å²) >= 11 is 0. The Morgan fingerprint density at radius 2 is 1.71 bits per heavy atom. The number of carbonyl (C=O) groups excluding carboxylic acids is 2. The highest BCUT2D eigenvalue weighted by molar-refractivity contribution is 5.81. The Kier molecular flexibility index (Phi) is 5.28. The molecule has 1 amide bonds. The number of nitrogens with zero attached hydrogens (tertiary/aromatic N) is 1. The standard InChI is InChI=1S/C17H29NO3/c1-17(2,3)21-16(20)11-10-15(19)18-12-6-8-13-7-4-5-9-14(13)18/h13-14H,4-12H2,1-3H3. The number of fused-ring (bicyclic) bond motifs is 1. The SMILES string of the molecule is CC(C)(C)OC(=O)CCC(=O)N1CCCC2CCCCC21. The highest BCUT2D eigenvalue weighted by Crippen LogP contribution is 2.35. The summed E-state index contributed by atoms with van der Waals surface area (Å²) < 4.78 is 5.27. The van der Waals surface area contributed by atoms with Crippen LogP contribution in [-0.4, -0.2) is 35.0 Å². The average molecular weight is 295 g/mol. The molecule has 2 atom stereocenters. The van der Waals surface area contributed by atoms with E-state index in [4.69, 9.17) is 4.74 Å². The van der Waals surface area contributed by atoms with E-state index in [0.717, 1.165) is 19.4 Å². The van der Waals surface area contributed by atoms with Crippen LogP contribution in [0.3, 0.4) is 0 Å². The van der Waals surface area contributed by atoms with Gasteiger partial charge in [0.15, 0.2) is 0 Å². The summed E-state index contributed by atoms with van der Waals surface area (Å²) in [4.78, 5) is 26.2. The van der Waals surface area contributed by atoms with Crippen molar-refractivity contribution in [2.75, 3.05) is 6.54 Å².